The van der Waals surface area contributed by atoms with Gasteiger partial charge in [-0.3, -0.25) is 19.3 Å². The van der Waals surface area contributed by atoms with Crippen LogP contribution in [0.1, 0.15) is 32.1 Å². The van der Waals surface area contributed by atoms with E-state index in [0.717, 1.165) is 24.2 Å². The molecule has 21 heavy (non-hydrogen) atoms. The second-order valence-electron chi connectivity index (χ2n) is 5.03. The van der Waals surface area contributed by atoms with E-state index in [4.69, 9.17) is 5.11 Å². The molecular formula is C13H21N3O5. The van der Waals surface area contributed by atoms with Crippen LogP contribution in [0.15, 0.2) is 0 Å². The van der Waals surface area contributed by atoms with Gasteiger partial charge in [-0.15, -0.1) is 0 Å². The van der Waals surface area contributed by atoms with Crippen molar-refractivity contribution in [3.63, 3.8) is 0 Å². The van der Waals surface area contributed by atoms with Gasteiger partial charge in [0.05, 0.1) is 0 Å². The van der Waals surface area contributed by atoms with Gasteiger partial charge < -0.3 is 15.3 Å². The fraction of sp³-hybridized carbons (Fsp3) is 0.692. The number of carboxylic acid groups (broad SMARTS) is 1. The molecule has 0 aromatic heterocycles. The molecule has 0 aromatic carbocycles. The van der Waals surface area contributed by atoms with E-state index in [1.807, 2.05) is 0 Å². The number of nitrogens with zero attached hydrogens (tertiary/aromatic N) is 2. The van der Waals surface area contributed by atoms with Gasteiger partial charge >= 0.3 is 12.0 Å². The summed E-state index contributed by atoms with van der Waals surface area (Å²) in [5.41, 5.74) is 0. The van der Waals surface area contributed by atoms with Crippen LogP contribution in [0.25, 0.3) is 0 Å². The van der Waals surface area contributed by atoms with Gasteiger partial charge in [0, 0.05) is 20.0 Å². The number of nitrogens with one attached hydrogen (secondary N) is 1. The van der Waals surface area contributed by atoms with E-state index in [1.54, 1.807) is 0 Å². The fourth-order valence-electron chi connectivity index (χ4n) is 2.01. The average Bonchev–Trinajstić information content (AvgIpc) is 2.64. The Labute approximate surface area is 123 Å². The highest BCUT2D eigenvalue weighted by Crippen LogP contribution is 2.07. The van der Waals surface area contributed by atoms with Gasteiger partial charge in [-0.2, -0.15) is 0 Å². The summed E-state index contributed by atoms with van der Waals surface area (Å²) in [6.07, 6.45) is 3.17. The zero-order chi connectivity index (χ0) is 15.8. The molecular weight excluding hydrogens is 278 g/mol. The number of aliphatic carboxylic acids is 1. The predicted octanol–water partition coefficient (Wildman–Crippen LogP) is 0.0317. The molecule has 0 saturated carbocycles. The summed E-state index contributed by atoms with van der Waals surface area (Å²) in [5, 5.41) is 11.1. The molecule has 0 aromatic rings. The van der Waals surface area contributed by atoms with Gasteiger partial charge in [0.25, 0.3) is 5.91 Å². The second kappa shape index (κ2) is 8.23. The van der Waals surface area contributed by atoms with Crippen LogP contribution in [0.3, 0.4) is 0 Å². The molecule has 118 valence electrons. The fourth-order valence-corrected chi connectivity index (χ4v) is 2.01. The molecule has 1 aliphatic heterocycles. The molecule has 0 atom stereocenters. The number of carbonyl (C=O) groups excluding carboxylic acids is 3. The van der Waals surface area contributed by atoms with E-state index in [0.29, 0.717) is 13.0 Å². The lowest BCUT2D eigenvalue weighted by Crippen LogP contribution is -2.41. The molecule has 0 radical (unpaired) electrons. The van der Waals surface area contributed by atoms with Crippen molar-refractivity contribution in [1.82, 2.24) is 15.1 Å². The van der Waals surface area contributed by atoms with Crippen molar-refractivity contribution in [1.29, 1.82) is 0 Å². The highest BCUT2D eigenvalue weighted by Gasteiger charge is 2.34. The van der Waals surface area contributed by atoms with E-state index in [-0.39, 0.29) is 31.3 Å². The van der Waals surface area contributed by atoms with E-state index in [9.17, 15) is 19.2 Å². The Morgan fingerprint density at radius 1 is 1.19 bits per heavy atom. The van der Waals surface area contributed by atoms with E-state index in [1.165, 1.54) is 11.9 Å². The minimum Gasteiger partial charge on any atom is -0.481 e. The number of imide groups is 1. The summed E-state index contributed by atoms with van der Waals surface area (Å²) in [4.78, 5) is 47.1. The Kier molecular flexibility index (Phi) is 6.64. The summed E-state index contributed by atoms with van der Waals surface area (Å²) in [7, 11) is 1.51. The number of carbonyl (C=O) groups is 4. The molecule has 0 spiro atoms. The minimum atomic E-state index is -0.798. The molecule has 1 rings (SSSR count). The summed E-state index contributed by atoms with van der Waals surface area (Å²) in [6, 6.07) is -0.455. The number of hydrogen-bond acceptors (Lipinski definition) is 4. The maximum atomic E-state index is 11.6. The zero-order valence-electron chi connectivity index (χ0n) is 12.1. The molecule has 8 heteroatoms. The van der Waals surface area contributed by atoms with Gasteiger partial charge in [0.1, 0.15) is 13.1 Å². The summed E-state index contributed by atoms with van der Waals surface area (Å²) >= 11 is 0. The van der Waals surface area contributed by atoms with Crippen LogP contribution in [0.2, 0.25) is 0 Å². The van der Waals surface area contributed by atoms with Crippen molar-refractivity contribution in [2.24, 2.45) is 0 Å². The minimum absolute atomic E-state index is 0.00961. The summed E-state index contributed by atoms with van der Waals surface area (Å²) in [5.74, 6) is -1.53. The number of carboxylic acids is 1. The second-order valence-corrected chi connectivity index (χ2v) is 5.03. The number of unbranched alkanes of at least 4 members (excludes halogenated alkanes) is 3. The molecule has 0 aliphatic carbocycles. The lowest BCUT2D eigenvalue weighted by atomic mass is 10.1. The topological polar surface area (TPSA) is 107 Å². The predicted molar refractivity (Wildman–Crippen MR) is 73.5 cm³/mol. The Bertz CT molecular complexity index is 424. The molecule has 0 unspecified atom stereocenters. The van der Waals surface area contributed by atoms with E-state index in [2.05, 4.69) is 5.32 Å². The largest absolute Gasteiger partial charge is 0.481 e. The van der Waals surface area contributed by atoms with Crippen molar-refractivity contribution in [2.45, 2.75) is 32.1 Å². The number of likely N-dealkylation sites (N-methyl/N-ethyl adjacent to an activating group) is 1. The van der Waals surface area contributed by atoms with Crippen molar-refractivity contribution < 1.29 is 24.3 Å². The molecule has 8 nitrogen and oxygen atoms in total. The van der Waals surface area contributed by atoms with Gasteiger partial charge in [-0.25, -0.2) is 4.79 Å². The maximum Gasteiger partial charge on any atom is 0.327 e. The first-order valence-electron chi connectivity index (χ1n) is 6.95. The van der Waals surface area contributed by atoms with Crippen LogP contribution in [0.4, 0.5) is 4.79 Å². The van der Waals surface area contributed by atoms with Crippen LogP contribution in [0, 0.1) is 0 Å². The molecule has 1 fully saturated rings. The van der Waals surface area contributed by atoms with E-state index >= 15 is 0 Å². The number of urea groups is 1. The van der Waals surface area contributed by atoms with Crippen molar-refractivity contribution >= 4 is 23.8 Å². The highest BCUT2D eigenvalue weighted by atomic mass is 16.4. The molecule has 0 bridgehead atoms. The third-order valence-electron chi connectivity index (χ3n) is 3.17. The lowest BCUT2D eigenvalue weighted by Gasteiger charge is -2.13. The van der Waals surface area contributed by atoms with Gasteiger partial charge in [0.15, 0.2) is 0 Å². The molecule has 2 N–H and O–H groups in total. The van der Waals surface area contributed by atoms with Gasteiger partial charge in [0.2, 0.25) is 5.91 Å². The Balaban J connectivity index is 2.10. The van der Waals surface area contributed by atoms with Crippen molar-refractivity contribution in [3.8, 4) is 0 Å². The van der Waals surface area contributed by atoms with E-state index < -0.39 is 12.0 Å². The van der Waals surface area contributed by atoms with Crippen LogP contribution < -0.4 is 5.32 Å². The van der Waals surface area contributed by atoms with Crippen LogP contribution in [-0.2, 0) is 14.4 Å². The Morgan fingerprint density at radius 2 is 1.86 bits per heavy atom. The summed E-state index contributed by atoms with van der Waals surface area (Å²) in [6.45, 7) is 0.217. The van der Waals surface area contributed by atoms with Crippen LogP contribution in [0.5, 0.6) is 0 Å². The monoisotopic (exact) mass is 299 g/mol. The SMILES string of the molecule is CN1CC(=O)N(CC(=O)NCCCCCCC(=O)O)C1=O. The van der Waals surface area contributed by atoms with Crippen LogP contribution in [-0.4, -0.2) is 65.4 Å². The number of hydrogen-bond donors (Lipinski definition) is 2. The van der Waals surface area contributed by atoms with Gasteiger partial charge in [-0.05, 0) is 12.8 Å². The Hall–Kier alpha value is -2.12. The lowest BCUT2D eigenvalue weighted by molar-refractivity contribution is -0.137. The highest BCUT2D eigenvalue weighted by molar-refractivity contribution is 6.04. The first-order chi connectivity index (χ1) is 9.91. The first-order valence-corrected chi connectivity index (χ1v) is 6.95. The number of amides is 4. The smallest absolute Gasteiger partial charge is 0.327 e. The van der Waals surface area contributed by atoms with Crippen molar-refractivity contribution in [3.05, 3.63) is 0 Å². The quantitative estimate of drug-likeness (QED) is 0.461. The molecule has 1 aliphatic rings. The molecule has 1 heterocycles. The van der Waals surface area contributed by atoms with Crippen molar-refractivity contribution in [2.75, 3.05) is 26.7 Å². The van der Waals surface area contributed by atoms with Crippen LogP contribution >= 0.6 is 0 Å². The standard InChI is InChI=1S/C13H21N3O5/c1-15-9-11(18)16(13(15)21)8-10(17)14-7-5-3-2-4-6-12(19)20/h2-9H2,1H3,(H,14,17)(H,19,20). The number of rotatable bonds is 9. The average molecular weight is 299 g/mol. The Morgan fingerprint density at radius 3 is 2.43 bits per heavy atom. The third-order valence-corrected chi connectivity index (χ3v) is 3.17. The maximum absolute atomic E-state index is 11.6. The molecule has 1 saturated heterocycles. The first kappa shape index (κ1) is 16.9. The van der Waals surface area contributed by atoms with Gasteiger partial charge in [-0.1, -0.05) is 12.8 Å². The third kappa shape index (κ3) is 5.80. The molecule has 4 amide bonds. The normalized spacial score (nSPS) is 14.7. The zero-order valence-corrected chi connectivity index (χ0v) is 12.1. The summed E-state index contributed by atoms with van der Waals surface area (Å²) < 4.78 is 0.